The second kappa shape index (κ2) is 10.6. The van der Waals surface area contributed by atoms with Gasteiger partial charge in [-0.3, -0.25) is 0 Å². The van der Waals surface area contributed by atoms with Crippen molar-refractivity contribution in [3.05, 3.63) is 77.5 Å². The molecule has 3 nitrogen and oxygen atoms in total. The molecule has 3 heteroatoms. The van der Waals surface area contributed by atoms with Crippen LogP contribution >= 0.6 is 0 Å². The summed E-state index contributed by atoms with van der Waals surface area (Å²) in [4.78, 5) is 0. The molecule has 2 aromatic carbocycles. The fourth-order valence-corrected chi connectivity index (χ4v) is 2.27. The Morgan fingerprint density at radius 1 is 0.792 bits per heavy atom. The summed E-state index contributed by atoms with van der Waals surface area (Å²) < 4.78 is 16.4. The second-order valence-electron chi connectivity index (χ2n) is 5.44. The first-order valence-electron chi connectivity index (χ1n) is 8.41. The van der Waals surface area contributed by atoms with Gasteiger partial charge in [0.15, 0.2) is 0 Å². The fraction of sp³-hybridized carbons (Fsp3) is 0.333. The third kappa shape index (κ3) is 6.19. The first-order chi connectivity index (χ1) is 11.8. The highest BCUT2D eigenvalue weighted by molar-refractivity contribution is 5.79. The van der Waals surface area contributed by atoms with Crippen molar-refractivity contribution in [2.45, 2.75) is 13.8 Å². The summed E-state index contributed by atoms with van der Waals surface area (Å²) in [5, 5.41) is 0. The highest BCUT2D eigenvalue weighted by Crippen LogP contribution is 2.23. The standard InChI is InChI=1S/C21H26O3/c1-3-22-13-14-23-15-16-24-17-21(19-7-5-4-6-8-19)20-11-9-18(2)10-12-20/h4-12,17H,3,13-16H2,1-2H3. The Morgan fingerprint density at radius 3 is 2.12 bits per heavy atom. The Labute approximate surface area is 144 Å². The lowest BCUT2D eigenvalue weighted by Gasteiger charge is -2.10. The van der Waals surface area contributed by atoms with Crippen molar-refractivity contribution in [3.63, 3.8) is 0 Å². The lowest BCUT2D eigenvalue weighted by Crippen LogP contribution is -2.08. The minimum absolute atomic E-state index is 0.522. The molecule has 0 aliphatic rings. The highest BCUT2D eigenvalue weighted by atomic mass is 16.5. The van der Waals surface area contributed by atoms with E-state index in [2.05, 4.69) is 43.3 Å². The molecular formula is C21H26O3. The zero-order valence-corrected chi connectivity index (χ0v) is 14.5. The van der Waals surface area contributed by atoms with Crippen LogP contribution in [0.1, 0.15) is 23.6 Å². The van der Waals surface area contributed by atoms with E-state index in [-0.39, 0.29) is 0 Å². The van der Waals surface area contributed by atoms with Crippen molar-refractivity contribution < 1.29 is 14.2 Å². The first kappa shape index (κ1) is 18.2. The normalized spacial score (nSPS) is 11.5. The Bertz CT molecular complexity index is 603. The third-order valence-electron chi connectivity index (χ3n) is 3.57. The summed E-state index contributed by atoms with van der Waals surface area (Å²) in [6, 6.07) is 18.7. The minimum Gasteiger partial charge on any atom is -0.498 e. The molecule has 0 radical (unpaired) electrons. The van der Waals surface area contributed by atoms with Gasteiger partial charge in [0.2, 0.25) is 0 Å². The van der Waals surface area contributed by atoms with Crippen LogP contribution in [0.5, 0.6) is 0 Å². The van der Waals surface area contributed by atoms with Gasteiger partial charge in [0, 0.05) is 12.2 Å². The van der Waals surface area contributed by atoms with Gasteiger partial charge in [-0.2, -0.15) is 0 Å². The summed E-state index contributed by atoms with van der Waals surface area (Å²) >= 11 is 0. The molecule has 0 N–H and O–H groups in total. The third-order valence-corrected chi connectivity index (χ3v) is 3.57. The van der Waals surface area contributed by atoms with Gasteiger partial charge in [-0.15, -0.1) is 0 Å². The van der Waals surface area contributed by atoms with E-state index >= 15 is 0 Å². The van der Waals surface area contributed by atoms with Crippen LogP contribution in [0, 0.1) is 6.92 Å². The van der Waals surface area contributed by atoms with Gasteiger partial charge in [-0.05, 0) is 25.0 Å². The Hall–Kier alpha value is -2.10. The number of ether oxygens (including phenoxy) is 3. The molecule has 24 heavy (non-hydrogen) atoms. The number of aryl methyl sites for hydroxylation is 1. The molecule has 0 aliphatic heterocycles. The van der Waals surface area contributed by atoms with Gasteiger partial charge < -0.3 is 14.2 Å². The van der Waals surface area contributed by atoms with Crippen molar-refractivity contribution in [2.75, 3.05) is 33.0 Å². The van der Waals surface area contributed by atoms with Crippen molar-refractivity contribution in [1.29, 1.82) is 0 Å². The predicted molar refractivity (Wildman–Crippen MR) is 98.0 cm³/mol. The van der Waals surface area contributed by atoms with Crippen molar-refractivity contribution >= 4 is 5.57 Å². The van der Waals surface area contributed by atoms with E-state index in [0.29, 0.717) is 26.4 Å². The van der Waals surface area contributed by atoms with Crippen LogP contribution in [0.15, 0.2) is 60.9 Å². The Balaban J connectivity index is 1.95. The lowest BCUT2D eigenvalue weighted by molar-refractivity contribution is 0.0343. The highest BCUT2D eigenvalue weighted by Gasteiger charge is 2.05. The Kier molecular flexibility index (Phi) is 8.08. The topological polar surface area (TPSA) is 27.7 Å². The van der Waals surface area contributed by atoms with Gasteiger partial charge in [-0.25, -0.2) is 0 Å². The predicted octanol–water partition coefficient (Wildman–Crippen LogP) is 4.45. The van der Waals surface area contributed by atoms with E-state index in [1.807, 2.05) is 31.4 Å². The van der Waals surface area contributed by atoms with Gasteiger partial charge in [0.05, 0.1) is 26.1 Å². The molecule has 0 atom stereocenters. The molecule has 0 unspecified atom stereocenters. The molecule has 0 heterocycles. The average Bonchev–Trinajstić information content (AvgIpc) is 2.62. The van der Waals surface area contributed by atoms with E-state index in [1.165, 1.54) is 5.56 Å². The van der Waals surface area contributed by atoms with E-state index in [0.717, 1.165) is 23.3 Å². The van der Waals surface area contributed by atoms with E-state index in [4.69, 9.17) is 14.2 Å². The second-order valence-corrected chi connectivity index (χ2v) is 5.44. The van der Waals surface area contributed by atoms with E-state index in [1.54, 1.807) is 0 Å². The van der Waals surface area contributed by atoms with Gasteiger partial charge >= 0.3 is 0 Å². The SMILES string of the molecule is CCOCCOCCOC=C(c1ccccc1)c1ccc(C)cc1. The van der Waals surface area contributed by atoms with Crippen LogP contribution in [0.2, 0.25) is 0 Å². The Morgan fingerprint density at radius 2 is 1.42 bits per heavy atom. The number of benzene rings is 2. The average molecular weight is 326 g/mol. The largest absolute Gasteiger partial charge is 0.498 e. The molecule has 0 saturated heterocycles. The van der Waals surface area contributed by atoms with E-state index < -0.39 is 0 Å². The lowest BCUT2D eigenvalue weighted by atomic mass is 9.98. The van der Waals surface area contributed by atoms with Crippen molar-refractivity contribution in [3.8, 4) is 0 Å². The van der Waals surface area contributed by atoms with Crippen LogP contribution in [-0.4, -0.2) is 33.0 Å². The summed E-state index contributed by atoms with van der Waals surface area (Å²) in [5.41, 5.74) is 4.60. The minimum atomic E-state index is 0.522. The van der Waals surface area contributed by atoms with Gasteiger partial charge in [-0.1, -0.05) is 60.2 Å². The van der Waals surface area contributed by atoms with Crippen LogP contribution in [0.3, 0.4) is 0 Å². The zero-order valence-electron chi connectivity index (χ0n) is 14.5. The number of hydrogen-bond donors (Lipinski definition) is 0. The molecule has 0 aromatic heterocycles. The number of hydrogen-bond acceptors (Lipinski definition) is 3. The van der Waals surface area contributed by atoms with Crippen molar-refractivity contribution in [1.82, 2.24) is 0 Å². The van der Waals surface area contributed by atoms with E-state index in [9.17, 15) is 0 Å². The molecule has 128 valence electrons. The molecule has 0 spiro atoms. The summed E-state index contributed by atoms with van der Waals surface area (Å²) in [6.07, 6.45) is 1.83. The van der Waals surface area contributed by atoms with Gasteiger partial charge in [0.1, 0.15) is 6.61 Å². The van der Waals surface area contributed by atoms with Crippen LogP contribution in [0.25, 0.3) is 5.57 Å². The summed E-state index contributed by atoms with van der Waals surface area (Å²) in [5.74, 6) is 0. The maximum absolute atomic E-state index is 5.71. The zero-order chi connectivity index (χ0) is 17.0. The molecule has 2 rings (SSSR count). The van der Waals surface area contributed by atoms with Crippen LogP contribution < -0.4 is 0 Å². The molecule has 2 aromatic rings. The molecule has 0 amide bonds. The fourth-order valence-electron chi connectivity index (χ4n) is 2.27. The maximum Gasteiger partial charge on any atom is 0.111 e. The van der Waals surface area contributed by atoms with Crippen molar-refractivity contribution in [2.24, 2.45) is 0 Å². The monoisotopic (exact) mass is 326 g/mol. The molecule has 0 fully saturated rings. The van der Waals surface area contributed by atoms with Crippen LogP contribution in [-0.2, 0) is 14.2 Å². The molecule has 0 bridgehead atoms. The summed E-state index contributed by atoms with van der Waals surface area (Å²) in [6.45, 7) is 7.10. The summed E-state index contributed by atoms with van der Waals surface area (Å²) in [7, 11) is 0. The smallest absolute Gasteiger partial charge is 0.111 e. The molecular weight excluding hydrogens is 300 g/mol. The quantitative estimate of drug-likeness (QED) is 0.477. The van der Waals surface area contributed by atoms with Crippen LogP contribution in [0.4, 0.5) is 0 Å². The maximum atomic E-state index is 5.71. The number of rotatable bonds is 10. The molecule has 0 saturated carbocycles. The molecule has 0 aliphatic carbocycles. The van der Waals surface area contributed by atoms with Gasteiger partial charge in [0.25, 0.3) is 0 Å². The first-order valence-corrected chi connectivity index (χ1v) is 8.41.